The fourth-order valence-corrected chi connectivity index (χ4v) is 1.94. The largest absolute Gasteiger partial charge is 0.496 e. The Bertz CT molecular complexity index is 463. The Morgan fingerprint density at radius 3 is 2.74 bits per heavy atom. The predicted molar refractivity (Wildman–Crippen MR) is 70.7 cm³/mol. The van der Waals surface area contributed by atoms with E-state index in [1.165, 1.54) is 0 Å². The maximum atomic E-state index is 11.3. The fourth-order valence-electron chi connectivity index (χ4n) is 1.35. The van der Waals surface area contributed by atoms with Gasteiger partial charge >= 0.3 is 5.97 Å². The number of amides is 1. The van der Waals surface area contributed by atoms with Crippen LogP contribution in [0.4, 0.5) is 0 Å². The molecule has 7 heteroatoms. The molecule has 0 unspecified atom stereocenters. The van der Waals surface area contributed by atoms with Gasteiger partial charge in [-0.15, -0.1) is 0 Å². The zero-order chi connectivity index (χ0) is 14.3. The quantitative estimate of drug-likeness (QED) is 0.740. The fraction of sp³-hybridized carbons (Fsp3) is 0.333. The lowest BCUT2D eigenvalue weighted by atomic mass is 10.1. The van der Waals surface area contributed by atoms with Gasteiger partial charge in [0, 0.05) is 6.42 Å². The number of ether oxygens (including phenoxy) is 1. The molecule has 0 saturated carbocycles. The van der Waals surface area contributed by atoms with Crippen LogP contribution in [0.2, 0.25) is 0 Å². The molecule has 1 aromatic rings. The molecule has 0 aliphatic carbocycles. The van der Waals surface area contributed by atoms with Crippen molar-refractivity contribution in [2.24, 2.45) is 0 Å². The summed E-state index contributed by atoms with van der Waals surface area (Å²) in [7, 11) is 1.58. The standard InChI is InChI=1S/C12H14BrNO5/c1-18-10-4-2-8(6-9(10)13)3-5-11(15)14-19-7-12(16)17/h2,4,6H,3,5,7H2,1H3,(H,14,15)(H,16,17). The van der Waals surface area contributed by atoms with E-state index in [1.54, 1.807) is 13.2 Å². The van der Waals surface area contributed by atoms with E-state index in [4.69, 9.17) is 9.84 Å². The van der Waals surface area contributed by atoms with Gasteiger partial charge in [0.1, 0.15) is 5.75 Å². The van der Waals surface area contributed by atoms with Crippen molar-refractivity contribution < 1.29 is 24.3 Å². The Labute approximate surface area is 118 Å². The Morgan fingerprint density at radius 2 is 2.16 bits per heavy atom. The number of carboxylic acid groups (broad SMARTS) is 1. The molecule has 1 amide bonds. The maximum Gasteiger partial charge on any atom is 0.332 e. The van der Waals surface area contributed by atoms with Crippen LogP contribution in [0.15, 0.2) is 22.7 Å². The first kappa shape index (κ1) is 15.5. The minimum absolute atomic E-state index is 0.207. The molecule has 104 valence electrons. The van der Waals surface area contributed by atoms with Crippen molar-refractivity contribution in [3.05, 3.63) is 28.2 Å². The van der Waals surface area contributed by atoms with E-state index in [0.29, 0.717) is 6.42 Å². The lowest BCUT2D eigenvalue weighted by Gasteiger charge is -2.07. The molecule has 1 rings (SSSR count). The molecular formula is C12H14BrNO5. The first-order chi connectivity index (χ1) is 9.02. The Morgan fingerprint density at radius 1 is 1.42 bits per heavy atom. The molecule has 0 aromatic heterocycles. The first-order valence-corrected chi connectivity index (χ1v) is 6.27. The number of carbonyl (C=O) groups excluding carboxylic acids is 1. The zero-order valence-electron chi connectivity index (χ0n) is 10.3. The van der Waals surface area contributed by atoms with Gasteiger partial charge in [-0.25, -0.2) is 10.3 Å². The van der Waals surface area contributed by atoms with Crippen LogP contribution < -0.4 is 10.2 Å². The number of hydrogen-bond acceptors (Lipinski definition) is 4. The average Bonchev–Trinajstić information content (AvgIpc) is 2.36. The monoisotopic (exact) mass is 331 g/mol. The van der Waals surface area contributed by atoms with Crippen molar-refractivity contribution in [2.45, 2.75) is 12.8 Å². The first-order valence-electron chi connectivity index (χ1n) is 5.47. The van der Waals surface area contributed by atoms with E-state index >= 15 is 0 Å². The summed E-state index contributed by atoms with van der Waals surface area (Å²) < 4.78 is 5.91. The molecule has 6 nitrogen and oxygen atoms in total. The normalized spacial score (nSPS) is 10.0. The summed E-state index contributed by atoms with van der Waals surface area (Å²) in [5.74, 6) is -0.787. The lowest BCUT2D eigenvalue weighted by molar-refractivity contribution is -0.149. The molecular weight excluding hydrogens is 318 g/mol. The van der Waals surface area contributed by atoms with Crippen LogP contribution in [-0.4, -0.2) is 30.7 Å². The number of hydrogen-bond donors (Lipinski definition) is 2. The molecule has 0 bridgehead atoms. The van der Waals surface area contributed by atoms with Crippen LogP contribution in [0.3, 0.4) is 0 Å². The second kappa shape index (κ2) is 7.75. The van der Waals surface area contributed by atoms with E-state index in [1.807, 2.05) is 12.1 Å². The van der Waals surface area contributed by atoms with E-state index in [-0.39, 0.29) is 12.3 Å². The van der Waals surface area contributed by atoms with Gasteiger partial charge in [-0.3, -0.25) is 9.63 Å². The van der Waals surface area contributed by atoms with Crippen molar-refractivity contribution >= 4 is 27.8 Å². The summed E-state index contributed by atoms with van der Waals surface area (Å²) in [6.45, 7) is -0.556. The third kappa shape index (κ3) is 5.71. The Hall–Kier alpha value is -1.60. The number of carboxylic acids is 1. The van der Waals surface area contributed by atoms with Crippen LogP contribution in [0, 0.1) is 0 Å². The van der Waals surface area contributed by atoms with E-state index in [9.17, 15) is 9.59 Å². The van der Waals surface area contributed by atoms with Gasteiger partial charge in [-0.2, -0.15) is 0 Å². The summed E-state index contributed by atoms with van der Waals surface area (Å²) in [5, 5.41) is 8.32. The molecule has 2 N–H and O–H groups in total. The highest BCUT2D eigenvalue weighted by Crippen LogP contribution is 2.25. The minimum Gasteiger partial charge on any atom is -0.496 e. The van der Waals surface area contributed by atoms with Gasteiger partial charge in [0.2, 0.25) is 5.91 Å². The molecule has 0 radical (unpaired) electrons. The van der Waals surface area contributed by atoms with Gasteiger partial charge in [0.15, 0.2) is 6.61 Å². The molecule has 0 aliphatic rings. The van der Waals surface area contributed by atoms with Crippen molar-refractivity contribution in [2.75, 3.05) is 13.7 Å². The molecule has 0 spiro atoms. The summed E-state index contributed by atoms with van der Waals surface area (Å²) in [6.07, 6.45) is 0.725. The van der Waals surface area contributed by atoms with Crippen LogP contribution >= 0.6 is 15.9 Å². The van der Waals surface area contributed by atoms with Gasteiger partial charge < -0.3 is 9.84 Å². The van der Waals surface area contributed by atoms with Crippen LogP contribution in [0.1, 0.15) is 12.0 Å². The Balaban J connectivity index is 2.37. The summed E-state index contributed by atoms with van der Waals surface area (Å²) >= 11 is 3.36. The number of nitrogens with one attached hydrogen (secondary N) is 1. The number of rotatable bonds is 7. The highest BCUT2D eigenvalue weighted by Gasteiger charge is 2.06. The van der Waals surface area contributed by atoms with Crippen molar-refractivity contribution in [3.8, 4) is 5.75 Å². The second-order valence-corrected chi connectivity index (χ2v) is 4.53. The molecule has 0 atom stereocenters. The van der Waals surface area contributed by atoms with Crippen molar-refractivity contribution in [1.29, 1.82) is 0 Å². The number of hydroxylamine groups is 1. The van der Waals surface area contributed by atoms with E-state index < -0.39 is 12.6 Å². The molecule has 0 heterocycles. The van der Waals surface area contributed by atoms with Gasteiger partial charge in [-0.1, -0.05) is 6.07 Å². The topological polar surface area (TPSA) is 84.9 Å². The lowest BCUT2D eigenvalue weighted by Crippen LogP contribution is -2.26. The van der Waals surface area contributed by atoms with Crippen LogP contribution in [0.5, 0.6) is 5.75 Å². The maximum absolute atomic E-state index is 11.3. The number of methoxy groups -OCH3 is 1. The summed E-state index contributed by atoms with van der Waals surface area (Å²) in [6, 6.07) is 5.53. The summed E-state index contributed by atoms with van der Waals surface area (Å²) in [5.41, 5.74) is 3.02. The SMILES string of the molecule is COc1ccc(CCC(=O)NOCC(=O)O)cc1Br. The molecule has 0 saturated heterocycles. The minimum atomic E-state index is -1.14. The van der Waals surface area contributed by atoms with E-state index in [2.05, 4.69) is 26.2 Å². The van der Waals surface area contributed by atoms with Crippen LogP contribution in [0.25, 0.3) is 0 Å². The smallest absolute Gasteiger partial charge is 0.332 e. The number of carbonyl (C=O) groups is 2. The highest BCUT2D eigenvalue weighted by molar-refractivity contribution is 9.10. The van der Waals surface area contributed by atoms with Gasteiger partial charge in [0.25, 0.3) is 0 Å². The second-order valence-electron chi connectivity index (χ2n) is 3.68. The van der Waals surface area contributed by atoms with Crippen LogP contribution in [-0.2, 0) is 20.8 Å². The number of aryl methyl sites for hydroxylation is 1. The molecule has 1 aromatic carbocycles. The van der Waals surface area contributed by atoms with Gasteiger partial charge in [-0.05, 0) is 40.0 Å². The molecule has 0 aliphatic heterocycles. The highest BCUT2D eigenvalue weighted by atomic mass is 79.9. The number of halogens is 1. The average molecular weight is 332 g/mol. The Kier molecular flexibility index (Phi) is 6.31. The van der Waals surface area contributed by atoms with E-state index in [0.717, 1.165) is 15.8 Å². The number of benzene rings is 1. The van der Waals surface area contributed by atoms with Crippen molar-refractivity contribution in [3.63, 3.8) is 0 Å². The summed E-state index contributed by atoms with van der Waals surface area (Å²) in [4.78, 5) is 26.0. The molecule has 0 fully saturated rings. The number of aliphatic carboxylic acids is 1. The zero-order valence-corrected chi connectivity index (χ0v) is 11.9. The third-order valence-electron chi connectivity index (χ3n) is 2.24. The van der Waals surface area contributed by atoms with Gasteiger partial charge in [0.05, 0.1) is 11.6 Å². The van der Waals surface area contributed by atoms with Crippen molar-refractivity contribution in [1.82, 2.24) is 5.48 Å². The predicted octanol–water partition coefficient (Wildman–Crippen LogP) is 1.52. The molecule has 19 heavy (non-hydrogen) atoms. The third-order valence-corrected chi connectivity index (χ3v) is 2.86.